The summed E-state index contributed by atoms with van der Waals surface area (Å²) in [5.41, 5.74) is 2.87. The highest BCUT2D eigenvalue weighted by atomic mass is 16.5. The standard InChI is InChI=1S/C27H39NO/c1-3-4-5-7-22-8-10-23(11-9-22)24-12-14-25(15-13-24)26-16-19-27(29-2,20-17-26)18-6-21-28/h6,8-11,18,24-26H,3-5,7,12-17,19-20H2,1-2H3/t24-,25-,26-,27+. The number of allylic oxidation sites excluding steroid dienone is 1. The molecule has 0 aliphatic heterocycles. The third-order valence-corrected chi connectivity index (χ3v) is 7.70. The van der Waals surface area contributed by atoms with E-state index >= 15 is 0 Å². The zero-order chi connectivity index (χ0) is 20.5. The number of unbranched alkanes of at least 4 members (excludes halogenated alkanes) is 2. The zero-order valence-corrected chi connectivity index (χ0v) is 18.5. The number of hydrogen-bond donors (Lipinski definition) is 0. The summed E-state index contributed by atoms with van der Waals surface area (Å²) in [4.78, 5) is 0. The smallest absolute Gasteiger partial charge is 0.0909 e. The number of hydrogen-bond acceptors (Lipinski definition) is 2. The van der Waals surface area contributed by atoms with Crippen LogP contribution in [0, 0.1) is 23.2 Å². The van der Waals surface area contributed by atoms with Crippen molar-refractivity contribution in [1.82, 2.24) is 0 Å². The molecule has 158 valence electrons. The van der Waals surface area contributed by atoms with Crippen molar-refractivity contribution in [3.63, 3.8) is 0 Å². The van der Waals surface area contributed by atoms with Crippen LogP contribution in [0.2, 0.25) is 0 Å². The highest BCUT2D eigenvalue weighted by Crippen LogP contribution is 2.45. The molecule has 0 radical (unpaired) electrons. The molecule has 2 aliphatic carbocycles. The number of rotatable bonds is 8. The predicted molar refractivity (Wildman–Crippen MR) is 121 cm³/mol. The first kappa shape index (κ1) is 22.1. The summed E-state index contributed by atoms with van der Waals surface area (Å²) >= 11 is 0. The summed E-state index contributed by atoms with van der Waals surface area (Å²) in [6.45, 7) is 2.27. The quantitative estimate of drug-likeness (QED) is 0.342. The molecule has 2 fully saturated rings. The summed E-state index contributed by atoms with van der Waals surface area (Å²) < 4.78 is 5.79. The van der Waals surface area contributed by atoms with E-state index in [0.717, 1.165) is 30.6 Å². The summed E-state index contributed by atoms with van der Waals surface area (Å²) in [5.74, 6) is 2.49. The van der Waals surface area contributed by atoms with Gasteiger partial charge in [0.1, 0.15) is 0 Å². The van der Waals surface area contributed by atoms with Crippen LogP contribution in [0.15, 0.2) is 36.4 Å². The van der Waals surface area contributed by atoms with Crippen LogP contribution in [0.25, 0.3) is 0 Å². The molecule has 1 aromatic carbocycles. The number of nitrogens with zero attached hydrogens (tertiary/aromatic N) is 1. The second kappa shape index (κ2) is 11.0. The van der Waals surface area contributed by atoms with Gasteiger partial charge in [-0.05, 0) is 99.2 Å². The van der Waals surface area contributed by atoms with Crippen molar-refractivity contribution in [2.24, 2.45) is 11.8 Å². The van der Waals surface area contributed by atoms with Gasteiger partial charge < -0.3 is 4.74 Å². The van der Waals surface area contributed by atoms with Crippen LogP contribution < -0.4 is 0 Å². The molecule has 0 heterocycles. The lowest BCUT2D eigenvalue weighted by Gasteiger charge is -2.41. The first-order valence-corrected chi connectivity index (χ1v) is 11.9. The SMILES string of the molecule is CCCCCc1ccc([C@H]2CC[C@H]([C@H]3CC[C@@](C=CC#N)(OC)CC3)CC2)cc1. The van der Waals surface area contributed by atoms with Crippen molar-refractivity contribution in [3.05, 3.63) is 47.5 Å². The van der Waals surface area contributed by atoms with Crippen LogP contribution in [-0.2, 0) is 11.2 Å². The van der Waals surface area contributed by atoms with Crippen LogP contribution >= 0.6 is 0 Å². The molecule has 1 aromatic rings. The minimum absolute atomic E-state index is 0.192. The summed E-state index contributed by atoms with van der Waals surface area (Å²) in [6.07, 6.45) is 18.8. The molecule has 0 atom stereocenters. The fourth-order valence-corrected chi connectivity index (χ4v) is 5.69. The molecule has 0 bridgehead atoms. The van der Waals surface area contributed by atoms with Crippen LogP contribution in [0.4, 0.5) is 0 Å². The Bertz CT molecular complexity index is 667. The highest BCUT2D eigenvalue weighted by Gasteiger charge is 2.37. The van der Waals surface area contributed by atoms with Gasteiger partial charge in [0.05, 0.1) is 11.7 Å². The van der Waals surface area contributed by atoms with E-state index in [2.05, 4.69) is 37.3 Å². The van der Waals surface area contributed by atoms with Crippen molar-refractivity contribution in [3.8, 4) is 6.07 Å². The van der Waals surface area contributed by atoms with Crippen molar-refractivity contribution in [1.29, 1.82) is 5.26 Å². The average molecular weight is 394 g/mol. The van der Waals surface area contributed by atoms with Crippen LogP contribution in [0.1, 0.15) is 94.6 Å². The number of ether oxygens (including phenoxy) is 1. The average Bonchev–Trinajstić information content (AvgIpc) is 2.79. The monoisotopic (exact) mass is 393 g/mol. The Morgan fingerprint density at radius 1 is 1.00 bits per heavy atom. The molecule has 0 N–H and O–H groups in total. The molecule has 3 rings (SSSR count). The minimum atomic E-state index is -0.192. The Morgan fingerprint density at radius 2 is 1.66 bits per heavy atom. The van der Waals surface area contributed by atoms with Gasteiger partial charge in [-0.2, -0.15) is 5.26 Å². The number of nitriles is 1. The maximum absolute atomic E-state index is 8.85. The molecule has 0 spiro atoms. The van der Waals surface area contributed by atoms with E-state index in [-0.39, 0.29) is 5.60 Å². The number of benzene rings is 1. The largest absolute Gasteiger partial charge is 0.374 e. The van der Waals surface area contributed by atoms with E-state index < -0.39 is 0 Å². The lowest BCUT2D eigenvalue weighted by Crippen LogP contribution is -2.36. The Labute approximate surface area is 178 Å². The van der Waals surface area contributed by atoms with Gasteiger partial charge in [0, 0.05) is 13.2 Å². The molecule has 2 saturated carbocycles. The lowest BCUT2D eigenvalue weighted by molar-refractivity contribution is -0.0192. The van der Waals surface area contributed by atoms with Crippen LogP contribution in [0.5, 0.6) is 0 Å². The van der Waals surface area contributed by atoms with Crippen molar-refractivity contribution in [2.45, 2.75) is 95.5 Å². The van der Waals surface area contributed by atoms with E-state index in [1.54, 1.807) is 18.7 Å². The predicted octanol–water partition coefficient (Wildman–Crippen LogP) is 7.35. The Balaban J connectivity index is 1.46. The van der Waals surface area contributed by atoms with Gasteiger partial charge in [0.2, 0.25) is 0 Å². The molecule has 0 unspecified atom stereocenters. The van der Waals surface area contributed by atoms with E-state index in [4.69, 9.17) is 10.00 Å². The maximum Gasteiger partial charge on any atom is 0.0909 e. The molecule has 2 nitrogen and oxygen atoms in total. The van der Waals surface area contributed by atoms with Crippen LogP contribution in [-0.4, -0.2) is 12.7 Å². The molecular formula is C27H39NO. The topological polar surface area (TPSA) is 33.0 Å². The zero-order valence-electron chi connectivity index (χ0n) is 18.5. The minimum Gasteiger partial charge on any atom is -0.374 e. The molecule has 0 saturated heterocycles. The van der Waals surface area contributed by atoms with E-state index in [9.17, 15) is 0 Å². The Kier molecular flexibility index (Phi) is 8.37. The van der Waals surface area contributed by atoms with Gasteiger partial charge in [-0.3, -0.25) is 0 Å². The fourth-order valence-electron chi connectivity index (χ4n) is 5.69. The van der Waals surface area contributed by atoms with E-state index in [1.807, 2.05) is 6.08 Å². The lowest BCUT2D eigenvalue weighted by atomic mass is 9.67. The van der Waals surface area contributed by atoms with Gasteiger partial charge in [-0.25, -0.2) is 0 Å². The molecular weight excluding hydrogens is 354 g/mol. The van der Waals surface area contributed by atoms with Crippen molar-refractivity contribution in [2.75, 3.05) is 7.11 Å². The Morgan fingerprint density at radius 3 is 2.24 bits per heavy atom. The van der Waals surface area contributed by atoms with Gasteiger partial charge in [-0.15, -0.1) is 0 Å². The van der Waals surface area contributed by atoms with Crippen LogP contribution in [0.3, 0.4) is 0 Å². The third kappa shape index (κ3) is 5.95. The first-order valence-electron chi connectivity index (χ1n) is 11.9. The highest BCUT2D eigenvalue weighted by molar-refractivity contribution is 5.26. The third-order valence-electron chi connectivity index (χ3n) is 7.70. The first-order chi connectivity index (χ1) is 14.2. The molecule has 2 aliphatic rings. The van der Waals surface area contributed by atoms with Crippen molar-refractivity contribution < 1.29 is 4.74 Å². The van der Waals surface area contributed by atoms with Gasteiger partial charge in [0.25, 0.3) is 0 Å². The summed E-state index contributed by atoms with van der Waals surface area (Å²) in [5, 5.41) is 8.85. The van der Waals surface area contributed by atoms with Crippen molar-refractivity contribution >= 4 is 0 Å². The fraction of sp³-hybridized carbons (Fsp3) is 0.667. The number of methoxy groups -OCH3 is 1. The summed E-state index contributed by atoms with van der Waals surface area (Å²) in [7, 11) is 1.79. The van der Waals surface area contributed by atoms with Gasteiger partial charge in [-0.1, -0.05) is 44.0 Å². The summed E-state index contributed by atoms with van der Waals surface area (Å²) in [6, 6.07) is 11.7. The second-order valence-electron chi connectivity index (χ2n) is 9.38. The molecule has 29 heavy (non-hydrogen) atoms. The van der Waals surface area contributed by atoms with E-state index in [0.29, 0.717) is 0 Å². The normalized spacial score (nSPS) is 30.3. The maximum atomic E-state index is 8.85. The molecule has 0 aromatic heterocycles. The molecule has 2 heteroatoms. The number of aryl methyl sites for hydroxylation is 1. The van der Waals surface area contributed by atoms with E-state index in [1.165, 1.54) is 69.8 Å². The van der Waals surface area contributed by atoms with Gasteiger partial charge >= 0.3 is 0 Å². The van der Waals surface area contributed by atoms with Gasteiger partial charge in [0.15, 0.2) is 0 Å². The molecule has 0 amide bonds. The Hall–Kier alpha value is -1.59. The second-order valence-corrected chi connectivity index (χ2v) is 9.38.